The zero-order chi connectivity index (χ0) is 17.6. The number of ether oxygens (including phenoxy) is 1. The van der Waals surface area contributed by atoms with E-state index in [9.17, 15) is 4.79 Å². The van der Waals surface area contributed by atoms with E-state index >= 15 is 0 Å². The lowest BCUT2D eigenvalue weighted by molar-refractivity contribution is -0.117. The van der Waals surface area contributed by atoms with Gasteiger partial charge in [-0.1, -0.05) is 23.5 Å². The fraction of sp³-hybridized carbons (Fsp3) is 0.263. The van der Waals surface area contributed by atoms with Crippen LogP contribution in [0.2, 0.25) is 0 Å². The number of thiazole rings is 1. The molecule has 0 N–H and O–H groups in total. The van der Waals surface area contributed by atoms with Crippen LogP contribution >= 0.6 is 23.1 Å². The Hall–Kier alpha value is -2.05. The normalized spacial score (nSPS) is 11.8. The zero-order valence-electron chi connectivity index (χ0n) is 14.3. The van der Waals surface area contributed by atoms with Crippen LogP contribution in [0, 0.1) is 0 Å². The fourth-order valence-electron chi connectivity index (χ4n) is 2.50. The van der Waals surface area contributed by atoms with Crippen LogP contribution in [0.5, 0.6) is 5.75 Å². The van der Waals surface area contributed by atoms with E-state index in [1.54, 1.807) is 30.2 Å². The summed E-state index contributed by atoms with van der Waals surface area (Å²) in [6, 6.07) is 16.0. The van der Waals surface area contributed by atoms with Crippen LogP contribution in [0.4, 0.5) is 0 Å². The maximum atomic E-state index is 12.2. The number of aromatic nitrogens is 1. The number of fused-ring (bicyclic) bond motifs is 1. The number of amides is 1. The SMILES string of the molecule is CCn1c(=NC(=O)CCSc2ccc(OC)cc2)sc2ccccc21. The van der Waals surface area contributed by atoms with E-state index in [1.807, 2.05) is 36.4 Å². The first kappa shape index (κ1) is 17.8. The van der Waals surface area contributed by atoms with E-state index < -0.39 is 0 Å². The Morgan fingerprint density at radius 2 is 1.96 bits per heavy atom. The molecule has 0 spiro atoms. The number of hydrogen-bond acceptors (Lipinski definition) is 4. The predicted molar refractivity (Wildman–Crippen MR) is 104 cm³/mol. The summed E-state index contributed by atoms with van der Waals surface area (Å²) in [5, 5.41) is 0. The molecule has 0 radical (unpaired) electrons. The lowest BCUT2D eigenvalue weighted by atomic mass is 10.3. The van der Waals surface area contributed by atoms with Crippen molar-refractivity contribution >= 4 is 39.2 Å². The maximum absolute atomic E-state index is 12.2. The van der Waals surface area contributed by atoms with Gasteiger partial charge in [-0.2, -0.15) is 4.99 Å². The van der Waals surface area contributed by atoms with Crippen LogP contribution < -0.4 is 9.54 Å². The minimum absolute atomic E-state index is 0.0743. The number of nitrogens with zero attached hydrogens (tertiary/aromatic N) is 2. The summed E-state index contributed by atoms with van der Waals surface area (Å²) in [7, 11) is 1.65. The minimum Gasteiger partial charge on any atom is -0.497 e. The molecule has 1 aromatic heterocycles. The molecule has 0 bridgehead atoms. The summed E-state index contributed by atoms with van der Waals surface area (Å²) >= 11 is 3.22. The van der Waals surface area contributed by atoms with E-state index in [0.29, 0.717) is 12.2 Å². The highest BCUT2D eigenvalue weighted by molar-refractivity contribution is 7.99. The molecule has 0 unspecified atom stereocenters. The molecule has 3 rings (SSSR count). The zero-order valence-corrected chi connectivity index (χ0v) is 15.9. The highest BCUT2D eigenvalue weighted by Gasteiger charge is 2.06. The average Bonchev–Trinajstić information content (AvgIpc) is 2.99. The number of aryl methyl sites for hydroxylation is 1. The second-order valence-electron chi connectivity index (χ2n) is 5.38. The van der Waals surface area contributed by atoms with Crippen molar-refractivity contribution in [2.24, 2.45) is 4.99 Å². The van der Waals surface area contributed by atoms with Gasteiger partial charge in [-0.15, -0.1) is 11.8 Å². The number of thioether (sulfide) groups is 1. The second kappa shape index (κ2) is 8.36. The number of para-hydroxylation sites is 1. The van der Waals surface area contributed by atoms with Gasteiger partial charge in [0.25, 0.3) is 0 Å². The molecule has 6 heteroatoms. The quantitative estimate of drug-likeness (QED) is 0.605. The Balaban J connectivity index is 1.66. The Bertz CT molecular complexity index is 926. The van der Waals surface area contributed by atoms with Gasteiger partial charge in [0.1, 0.15) is 5.75 Å². The maximum Gasteiger partial charge on any atom is 0.249 e. The van der Waals surface area contributed by atoms with Gasteiger partial charge >= 0.3 is 0 Å². The summed E-state index contributed by atoms with van der Waals surface area (Å²) in [6.07, 6.45) is 0.425. The molecule has 25 heavy (non-hydrogen) atoms. The van der Waals surface area contributed by atoms with Gasteiger partial charge in [-0.05, 0) is 43.3 Å². The Labute approximate surface area is 155 Å². The van der Waals surface area contributed by atoms with Crippen molar-refractivity contribution in [1.29, 1.82) is 0 Å². The van der Waals surface area contributed by atoms with Gasteiger partial charge in [0.2, 0.25) is 5.91 Å². The van der Waals surface area contributed by atoms with Crippen molar-refractivity contribution in [2.75, 3.05) is 12.9 Å². The topological polar surface area (TPSA) is 43.6 Å². The van der Waals surface area contributed by atoms with Crippen LogP contribution in [-0.4, -0.2) is 23.3 Å². The van der Waals surface area contributed by atoms with Gasteiger partial charge in [-0.25, -0.2) is 0 Å². The fourth-order valence-corrected chi connectivity index (χ4v) is 4.45. The van der Waals surface area contributed by atoms with Crippen molar-refractivity contribution in [1.82, 2.24) is 4.57 Å². The smallest absolute Gasteiger partial charge is 0.249 e. The highest BCUT2D eigenvalue weighted by Crippen LogP contribution is 2.22. The molecule has 4 nitrogen and oxygen atoms in total. The van der Waals surface area contributed by atoms with Crippen molar-refractivity contribution in [2.45, 2.75) is 24.8 Å². The standard InChI is InChI=1S/C19H20N2O2S2/c1-3-21-16-6-4-5-7-17(16)25-19(21)20-18(22)12-13-24-15-10-8-14(23-2)9-11-15/h4-11H,3,12-13H2,1-2H3. The van der Waals surface area contributed by atoms with E-state index in [1.165, 1.54) is 0 Å². The van der Waals surface area contributed by atoms with Crippen LogP contribution in [0.1, 0.15) is 13.3 Å². The number of hydrogen-bond donors (Lipinski definition) is 0. The summed E-state index contributed by atoms with van der Waals surface area (Å²) in [5.74, 6) is 1.48. The second-order valence-corrected chi connectivity index (χ2v) is 7.55. The molecule has 130 valence electrons. The minimum atomic E-state index is -0.0743. The predicted octanol–water partition coefficient (Wildman–Crippen LogP) is 4.34. The van der Waals surface area contributed by atoms with Crippen molar-refractivity contribution in [3.05, 3.63) is 53.3 Å². The molecule has 0 aliphatic carbocycles. The summed E-state index contributed by atoms with van der Waals surface area (Å²) in [4.78, 5) is 18.5. The molecule has 1 amide bonds. The van der Waals surface area contributed by atoms with Crippen molar-refractivity contribution < 1.29 is 9.53 Å². The Morgan fingerprint density at radius 1 is 1.20 bits per heavy atom. The number of rotatable bonds is 6. The molecule has 2 aromatic carbocycles. The molecule has 0 saturated carbocycles. The first-order chi connectivity index (χ1) is 12.2. The van der Waals surface area contributed by atoms with Gasteiger partial charge in [0, 0.05) is 23.6 Å². The Kier molecular flexibility index (Phi) is 5.94. The molecule has 0 saturated heterocycles. The first-order valence-corrected chi connectivity index (χ1v) is 9.94. The number of carbonyl (C=O) groups excluding carboxylic acids is 1. The summed E-state index contributed by atoms with van der Waals surface area (Å²) in [6.45, 7) is 2.87. The third kappa shape index (κ3) is 4.32. The first-order valence-electron chi connectivity index (χ1n) is 8.14. The number of methoxy groups -OCH3 is 1. The molecule has 1 heterocycles. The Morgan fingerprint density at radius 3 is 2.68 bits per heavy atom. The van der Waals surface area contributed by atoms with E-state index in [2.05, 4.69) is 28.6 Å². The van der Waals surface area contributed by atoms with Crippen molar-refractivity contribution in [3.63, 3.8) is 0 Å². The number of benzene rings is 2. The van der Waals surface area contributed by atoms with Gasteiger partial charge in [0.15, 0.2) is 4.80 Å². The third-order valence-corrected chi connectivity index (χ3v) is 5.84. The van der Waals surface area contributed by atoms with Crippen molar-refractivity contribution in [3.8, 4) is 5.75 Å². The van der Waals surface area contributed by atoms with Crippen LogP contribution in [0.15, 0.2) is 58.4 Å². The molecule has 0 atom stereocenters. The van der Waals surface area contributed by atoms with E-state index in [0.717, 1.165) is 32.2 Å². The van der Waals surface area contributed by atoms with Gasteiger partial charge in [0.05, 0.1) is 17.3 Å². The van der Waals surface area contributed by atoms with Crippen LogP contribution in [-0.2, 0) is 11.3 Å². The molecule has 0 aliphatic rings. The molecule has 3 aromatic rings. The van der Waals surface area contributed by atoms with Gasteiger partial charge in [-0.3, -0.25) is 4.79 Å². The van der Waals surface area contributed by atoms with Gasteiger partial charge < -0.3 is 9.30 Å². The summed E-state index contributed by atoms with van der Waals surface area (Å²) < 4.78 is 8.39. The van der Waals surface area contributed by atoms with Crippen LogP contribution in [0.3, 0.4) is 0 Å². The lowest BCUT2D eigenvalue weighted by Gasteiger charge is -2.02. The molecular formula is C19H20N2O2S2. The monoisotopic (exact) mass is 372 g/mol. The largest absolute Gasteiger partial charge is 0.497 e. The summed E-state index contributed by atoms with van der Waals surface area (Å²) in [5.41, 5.74) is 1.13. The number of carbonyl (C=O) groups is 1. The lowest BCUT2D eigenvalue weighted by Crippen LogP contribution is -2.15. The average molecular weight is 373 g/mol. The molecular weight excluding hydrogens is 352 g/mol. The van der Waals surface area contributed by atoms with Crippen LogP contribution in [0.25, 0.3) is 10.2 Å². The molecule has 0 aliphatic heterocycles. The highest BCUT2D eigenvalue weighted by atomic mass is 32.2. The van der Waals surface area contributed by atoms with E-state index in [-0.39, 0.29) is 5.91 Å². The third-order valence-electron chi connectivity index (χ3n) is 3.77. The van der Waals surface area contributed by atoms with E-state index in [4.69, 9.17) is 4.74 Å². The molecule has 0 fully saturated rings.